The van der Waals surface area contributed by atoms with E-state index in [2.05, 4.69) is 29.4 Å². The fourth-order valence-corrected chi connectivity index (χ4v) is 3.17. The number of aromatic nitrogens is 3. The van der Waals surface area contributed by atoms with Crippen LogP contribution in [-0.4, -0.2) is 26.0 Å². The van der Waals surface area contributed by atoms with Crippen LogP contribution >= 0.6 is 11.8 Å². The van der Waals surface area contributed by atoms with Crippen LogP contribution in [-0.2, 0) is 4.79 Å². The van der Waals surface area contributed by atoms with E-state index in [1.165, 1.54) is 22.0 Å². The van der Waals surface area contributed by atoms with Crippen LogP contribution in [0.3, 0.4) is 0 Å². The van der Waals surface area contributed by atoms with Gasteiger partial charge in [0.2, 0.25) is 11.1 Å². The summed E-state index contributed by atoms with van der Waals surface area (Å²) in [7, 11) is 0. The molecule has 1 heterocycles. The number of hydrogen-bond acceptors (Lipinski definition) is 5. The minimum Gasteiger partial charge on any atom is -0.336 e. The minimum atomic E-state index is -0.312. The van der Waals surface area contributed by atoms with Gasteiger partial charge in [0, 0.05) is 11.6 Å². The van der Waals surface area contributed by atoms with Crippen LogP contribution < -0.4 is 11.2 Å². The summed E-state index contributed by atoms with van der Waals surface area (Å²) < 4.78 is 1.52. The third-order valence-corrected chi connectivity index (χ3v) is 5.19. The Morgan fingerprint density at radius 1 is 1.25 bits per heavy atom. The third kappa shape index (κ3) is 3.72. The van der Waals surface area contributed by atoms with Gasteiger partial charge in [-0.15, -0.1) is 10.2 Å². The molecule has 0 unspecified atom stereocenters. The topological polar surface area (TPSA) is 85.8 Å². The van der Waals surface area contributed by atoms with Crippen LogP contribution in [0.15, 0.2) is 29.4 Å². The Morgan fingerprint density at radius 3 is 2.50 bits per heavy atom. The highest BCUT2D eigenvalue weighted by Crippen LogP contribution is 2.39. The zero-order valence-corrected chi connectivity index (χ0v) is 15.0. The van der Waals surface area contributed by atoms with E-state index >= 15 is 0 Å². The maximum absolute atomic E-state index is 12.4. The molecule has 1 amide bonds. The molecule has 0 spiro atoms. The van der Waals surface area contributed by atoms with E-state index in [0.717, 1.165) is 24.4 Å². The summed E-state index contributed by atoms with van der Waals surface area (Å²) in [6, 6.07) is 7.94. The second kappa shape index (κ2) is 6.84. The number of rotatable bonds is 6. The average molecular weight is 345 g/mol. The Morgan fingerprint density at radius 2 is 1.92 bits per heavy atom. The van der Waals surface area contributed by atoms with Gasteiger partial charge < -0.3 is 11.2 Å². The summed E-state index contributed by atoms with van der Waals surface area (Å²) >= 11 is 1.32. The number of nitrogens with one attached hydrogen (secondary N) is 1. The fourth-order valence-electron chi connectivity index (χ4n) is 2.40. The van der Waals surface area contributed by atoms with Crippen LogP contribution in [0.5, 0.6) is 0 Å². The standard InChI is InChI=1S/C17H23N5OS/c1-10(2)12-6-8-14(9-7-12)19-16(23)11(3)24-17-21-20-15(22(17)18)13-4-5-13/h6-11,13H,4-5,18H2,1-3H3,(H,19,23)/t11-/m1/s1. The van der Waals surface area contributed by atoms with E-state index in [4.69, 9.17) is 5.84 Å². The summed E-state index contributed by atoms with van der Waals surface area (Å²) in [5.41, 5.74) is 2.05. The highest BCUT2D eigenvalue weighted by Gasteiger charge is 2.30. The smallest absolute Gasteiger partial charge is 0.237 e. The van der Waals surface area contributed by atoms with Gasteiger partial charge in [0.15, 0.2) is 5.82 Å². The number of carbonyl (C=O) groups excluding carboxylic acids is 1. The Kier molecular flexibility index (Phi) is 4.80. The first-order chi connectivity index (χ1) is 11.5. The predicted octanol–water partition coefficient (Wildman–Crippen LogP) is 3.11. The lowest BCUT2D eigenvalue weighted by Crippen LogP contribution is -2.23. The van der Waals surface area contributed by atoms with Crippen molar-refractivity contribution in [1.29, 1.82) is 0 Å². The highest BCUT2D eigenvalue weighted by molar-refractivity contribution is 8.00. The average Bonchev–Trinajstić information content (AvgIpc) is 3.33. The molecule has 3 rings (SSSR count). The van der Waals surface area contributed by atoms with E-state index in [0.29, 0.717) is 17.0 Å². The van der Waals surface area contributed by atoms with E-state index in [1.807, 2.05) is 31.2 Å². The summed E-state index contributed by atoms with van der Waals surface area (Å²) in [5, 5.41) is 11.4. The molecule has 1 aromatic carbocycles. The molecule has 2 aromatic rings. The van der Waals surface area contributed by atoms with Gasteiger partial charge in [-0.25, -0.2) is 4.68 Å². The van der Waals surface area contributed by atoms with Crippen LogP contribution in [0.4, 0.5) is 5.69 Å². The van der Waals surface area contributed by atoms with Crippen molar-refractivity contribution in [2.75, 3.05) is 11.2 Å². The Labute approximate surface area is 146 Å². The molecule has 1 atom stereocenters. The molecule has 7 heteroatoms. The lowest BCUT2D eigenvalue weighted by Gasteiger charge is -2.12. The number of nitrogen functional groups attached to an aromatic ring is 1. The van der Waals surface area contributed by atoms with Gasteiger partial charge in [-0.3, -0.25) is 4.79 Å². The van der Waals surface area contributed by atoms with Crippen molar-refractivity contribution in [3.8, 4) is 0 Å². The molecule has 0 bridgehead atoms. The number of nitrogens with two attached hydrogens (primary N) is 1. The van der Waals surface area contributed by atoms with Gasteiger partial charge in [0.05, 0.1) is 5.25 Å². The molecule has 1 saturated carbocycles. The number of benzene rings is 1. The van der Waals surface area contributed by atoms with Gasteiger partial charge in [-0.1, -0.05) is 37.7 Å². The minimum absolute atomic E-state index is 0.0757. The Balaban J connectivity index is 1.60. The molecule has 1 aliphatic rings. The van der Waals surface area contributed by atoms with Crippen molar-refractivity contribution >= 4 is 23.4 Å². The molecular weight excluding hydrogens is 322 g/mol. The lowest BCUT2D eigenvalue weighted by atomic mass is 10.0. The van der Waals surface area contributed by atoms with Crippen molar-refractivity contribution < 1.29 is 4.79 Å². The van der Waals surface area contributed by atoms with E-state index < -0.39 is 0 Å². The molecular formula is C17H23N5OS. The van der Waals surface area contributed by atoms with Crippen LogP contribution in [0, 0.1) is 0 Å². The van der Waals surface area contributed by atoms with Crippen molar-refractivity contribution in [2.45, 2.75) is 55.9 Å². The van der Waals surface area contributed by atoms with E-state index in [-0.39, 0.29) is 11.2 Å². The highest BCUT2D eigenvalue weighted by atomic mass is 32.2. The fraction of sp³-hybridized carbons (Fsp3) is 0.471. The Bertz CT molecular complexity index is 721. The van der Waals surface area contributed by atoms with Gasteiger partial charge in [-0.05, 0) is 43.4 Å². The molecule has 1 aliphatic carbocycles. The van der Waals surface area contributed by atoms with Gasteiger partial charge in [0.25, 0.3) is 0 Å². The number of nitrogens with zero attached hydrogens (tertiary/aromatic N) is 3. The normalized spacial score (nSPS) is 15.5. The quantitative estimate of drug-likeness (QED) is 0.620. The summed E-state index contributed by atoms with van der Waals surface area (Å²) in [5.74, 6) is 7.67. The first-order valence-corrected chi connectivity index (χ1v) is 9.11. The molecule has 6 nitrogen and oxygen atoms in total. The number of carbonyl (C=O) groups is 1. The molecule has 0 radical (unpaired) electrons. The molecule has 0 aliphatic heterocycles. The maximum Gasteiger partial charge on any atom is 0.237 e. The van der Waals surface area contributed by atoms with Crippen molar-refractivity contribution in [3.63, 3.8) is 0 Å². The van der Waals surface area contributed by atoms with Gasteiger partial charge in [-0.2, -0.15) is 0 Å². The molecule has 1 fully saturated rings. The van der Waals surface area contributed by atoms with Crippen molar-refractivity contribution in [1.82, 2.24) is 14.9 Å². The van der Waals surface area contributed by atoms with Crippen molar-refractivity contribution in [2.24, 2.45) is 0 Å². The second-order valence-electron chi connectivity index (χ2n) is 6.51. The molecule has 0 saturated heterocycles. The molecule has 1 aromatic heterocycles. The van der Waals surface area contributed by atoms with Crippen LogP contribution in [0.1, 0.15) is 56.8 Å². The van der Waals surface area contributed by atoms with Crippen LogP contribution in [0.2, 0.25) is 0 Å². The van der Waals surface area contributed by atoms with Gasteiger partial charge >= 0.3 is 0 Å². The predicted molar refractivity (Wildman–Crippen MR) is 96.6 cm³/mol. The summed E-state index contributed by atoms with van der Waals surface area (Å²) in [4.78, 5) is 12.4. The first-order valence-electron chi connectivity index (χ1n) is 8.23. The third-order valence-electron chi connectivity index (χ3n) is 4.13. The number of thioether (sulfide) groups is 1. The largest absolute Gasteiger partial charge is 0.336 e. The zero-order chi connectivity index (χ0) is 17.3. The monoisotopic (exact) mass is 345 g/mol. The lowest BCUT2D eigenvalue weighted by molar-refractivity contribution is -0.115. The first kappa shape index (κ1) is 16.8. The number of anilines is 1. The molecule has 24 heavy (non-hydrogen) atoms. The Hall–Kier alpha value is -2.02. The summed E-state index contributed by atoms with van der Waals surface area (Å²) in [6.45, 7) is 6.13. The van der Waals surface area contributed by atoms with E-state index in [9.17, 15) is 4.79 Å². The van der Waals surface area contributed by atoms with E-state index in [1.54, 1.807) is 0 Å². The van der Waals surface area contributed by atoms with Crippen molar-refractivity contribution in [3.05, 3.63) is 35.7 Å². The zero-order valence-electron chi connectivity index (χ0n) is 14.2. The maximum atomic E-state index is 12.4. The number of hydrogen-bond donors (Lipinski definition) is 2. The SMILES string of the molecule is CC(C)c1ccc(NC(=O)[C@@H](C)Sc2nnc(C3CC3)n2N)cc1. The number of amides is 1. The molecule has 128 valence electrons. The second-order valence-corrected chi connectivity index (χ2v) is 7.82. The van der Waals surface area contributed by atoms with Crippen LogP contribution in [0.25, 0.3) is 0 Å². The summed E-state index contributed by atoms with van der Waals surface area (Å²) in [6.07, 6.45) is 2.23. The molecule has 3 N–H and O–H groups in total. The van der Waals surface area contributed by atoms with Gasteiger partial charge in [0.1, 0.15) is 0 Å².